The summed E-state index contributed by atoms with van der Waals surface area (Å²) in [5, 5.41) is 54.8. The van der Waals surface area contributed by atoms with E-state index in [0.29, 0.717) is 6.42 Å². The highest BCUT2D eigenvalue weighted by Crippen LogP contribution is 2.11. The number of unbranched alkanes of at least 4 members (excludes halogenated alkanes) is 1. The van der Waals surface area contributed by atoms with Crippen LogP contribution in [0.3, 0.4) is 0 Å². The molecule has 0 bridgehead atoms. The normalized spacial score (nSPS) is 15.5. The van der Waals surface area contributed by atoms with Crippen LogP contribution >= 0.6 is 0 Å². The van der Waals surface area contributed by atoms with Gasteiger partial charge in [0, 0.05) is 6.42 Å². The minimum Gasteiger partial charge on any atom is -0.481 e. The highest BCUT2D eigenvalue weighted by atomic mass is 16.4. The molecule has 0 aliphatic heterocycles. The first-order chi connectivity index (χ1) is 29.6. The van der Waals surface area contributed by atoms with Gasteiger partial charge in [0.05, 0.1) is 25.0 Å². The Morgan fingerprint density at radius 1 is 0.500 bits per heavy atom. The zero-order valence-corrected chi connectivity index (χ0v) is 37.3. The van der Waals surface area contributed by atoms with Gasteiger partial charge in [-0.3, -0.25) is 47.9 Å². The number of primary amides is 1. The number of nitrogens with one attached hydrogen (secondary N) is 7. The number of nitrogens with two attached hydrogens (primary N) is 3. The molecule has 0 radical (unpaired) electrons. The summed E-state index contributed by atoms with van der Waals surface area (Å²) in [6.45, 7) is 10.9. The van der Waals surface area contributed by atoms with E-state index in [1.54, 1.807) is 27.7 Å². The van der Waals surface area contributed by atoms with Gasteiger partial charge in [-0.25, -0.2) is 4.79 Å². The van der Waals surface area contributed by atoms with E-state index in [4.69, 9.17) is 17.2 Å². The second-order valence-electron chi connectivity index (χ2n) is 16.5. The first-order valence-corrected chi connectivity index (χ1v) is 20.8. The molecule has 0 aromatic heterocycles. The van der Waals surface area contributed by atoms with Crippen molar-refractivity contribution in [1.29, 1.82) is 0 Å². The lowest BCUT2D eigenvalue weighted by Gasteiger charge is -2.29. The highest BCUT2D eigenvalue weighted by molar-refractivity contribution is 5.99. The number of rotatable bonds is 31. The topological polar surface area (TPSA) is 431 Å². The molecule has 0 fully saturated rings. The molecule has 0 aromatic carbocycles. The van der Waals surface area contributed by atoms with E-state index in [0.717, 1.165) is 6.92 Å². The third kappa shape index (κ3) is 21.9. The summed E-state index contributed by atoms with van der Waals surface area (Å²) in [5.41, 5.74) is 16.9. The first-order valence-electron chi connectivity index (χ1n) is 20.8. The quantitative estimate of drug-likeness (QED) is 0.0294. The molecule has 0 saturated heterocycles. The van der Waals surface area contributed by atoms with Gasteiger partial charge >= 0.3 is 17.9 Å². The lowest BCUT2D eigenvalue weighted by Crippen LogP contribution is -2.62. The average molecular weight is 917 g/mol. The summed E-state index contributed by atoms with van der Waals surface area (Å²) in [7, 11) is 0. The van der Waals surface area contributed by atoms with E-state index >= 15 is 0 Å². The lowest BCUT2D eigenvalue weighted by molar-refractivity contribution is -0.144. The number of aliphatic hydroxyl groups excluding tert-OH is 1. The summed E-state index contributed by atoms with van der Waals surface area (Å²) in [6, 6.07) is -12.5. The van der Waals surface area contributed by atoms with Crippen LogP contribution in [-0.4, -0.2) is 147 Å². The molecule has 25 nitrogen and oxygen atoms in total. The highest BCUT2D eigenvalue weighted by Gasteiger charge is 2.37. The first kappa shape index (κ1) is 58.0. The predicted molar refractivity (Wildman–Crippen MR) is 226 cm³/mol. The molecule has 0 aromatic rings. The zero-order valence-electron chi connectivity index (χ0n) is 37.3. The van der Waals surface area contributed by atoms with Gasteiger partial charge in [-0.1, -0.05) is 41.5 Å². The Morgan fingerprint density at radius 3 is 1.39 bits per heavy atom. The standard InChI is InChI=1S/C39H68N10O15/c1-17(2)14-25(39(63)64)47-35(59)24(16-28(54)55)46-38(62)31(20(7)50)49-37(61)30(19(5)6)48-33(57)21(10-8-9-13-40)43-34(58)23(15-26(41)51)45-32(56)22(11-12-27(52)53)44-36(60)29(42)18(3)4/h17-25,29-31,50H,8-16,40,42H2,1-7H3,(H2,41,51)(H,43,58)(H,44,60)(H,45,56)(H,46,62)(H,47,59)(H,48,57)(H,49,61)(H,52,53)(H,54,55)(H,63,64)/t20-,21+,22+,23+,24+,25+,29+,30+,31+/m1/s1. The van der Waals surface area contributed by atoms with Gasteiger partial charge in [-0.2, -0.15) is 0 Å². The Bertz CT molecular complexity index is 1660. The number of carbonyl (C=O) groups excluding carboxylic acids is 8. The maximum atomic E-state index is 13.8. The fourth-order valence-corrected chi connectivity index (χ4v) is 5.87. The van der Waals surface area contributed by atoms with Crippen LogP contribution in [0.5, 0.6) is 0 Å². The van der Waals surface area contributed by atoms with Crippen molar-refractivity contribution in [3.8, 4) is 0 Å². The molecule has 0 unspecified atom stereocenters. The molecular weight excluding hydrogens is 848 g/mol. The molecule has 0 aliphatic rings. The molecule has 17 N–H and O–H groups in total. The number of hydrogen-bond acceptors (Lipinski definition) is 14. The fourth-order valence-electron chi connectivity index (χ4n) is 5.87. The minimum absolute atomic E-state index is 0.0301. The summed E-state index contributed by atoms with van der Waals surface area (Å²) >= 11 is 0. The van der Waals surface area contributed by atoms with Crippen molar-refractivity contribution in [2.75, 3.05) is 6.54 Å². The number of hydrogen-bond donors (Lipinski definition) is 14. The Balaban J connectivity index is 6.48. The Labute approximate surface area is 370 Å². The fraction of sp³-hybridized carbons (Fsp3) is 0.718. The molecule has 0 saturated carbocycles. The van der Waals surface area contributed by atoms with Crippen LogP contribution in [0.4, 0.5) is 0 Å². The third-order valence-electron chi connectivity index (χ3n) is 9.56. The van der Waals surface area contributed by atoms with Crippen molar-refractivity contribution in [3.63, 3.8) is 0 Å². The summed E-state index contributed by atoms with van der Waals surface area (Å²) in [4.78, 5) is 140. The van der Waals surface area contributed by atoms with Crippen molar-refractivity contribution in [1.82, 2.24) is 37.2 Å². The number of carboxylic acids is 3. The zero-order chi connectivity index (χ0) is 49.6. The minimum atomic E-state index is -1.86. The number of amides is 8. The summed E-state index contributed by atoms with van der Waals surface area (Å²) < 4.78 is 0. The van der Waals surface area contributed by atoms with Gasteiger partial charge in [-0.15, -0.1) is 0 Å². The van der Waals surface area contributed by atoms with Crippen LogP contribution in [0, 0.1) is 17.8 Å². The molecule has 9 atom stereocenters. The van der Waals surface area contributed by atoms with E-state index < -0.39 is 151 Å². The van der Waals surface area contributed by atoms with Crippen molar-refractivity contribution in [2.24, 2.45) is 35.0 Å². The second-order valence-corrected chi connectivity index (χ2v) is 16.5. The molecule has 25 heteroatoms. The van der Waals surface area contributed by atoms with Gasteiger partial charge in [0.15, 0.2) is 0 Å². The maximum Gasteiger partial charge on any atom is 0.326 e. The Kier molecular flexibility index (Phi) is 26.0. The Morgan fingerprint density at radius 2 is 0.938 bits per heavy atom. The van der Waals surface area contributed by atoms with Crippen LogP contribution in [-0.2, 0) is 52.7 Å². The predicted octanol–water partition coefficient (Wildman–Crippen LogP) is -4.13. The van der Waals surface area contributed by atoms with Crippen LogP contribution in [0.25, 0.3) is 0 Å². The largest absolute Gasteiger partial charge is 0.481 e. The van der Waals surface area contributed by atoms with Gasteiger partial charge in [-0.05, 0) is 63.3 Å². The average Bonchev–Trinajstić information content (AvgIpc) is 3.17. The van der Waals surface area contributed by atoms with Crippen LogP contribution in [0.1, 0.15) is 99.8 Å². The third-order valence-corrected chi connectivity index (χ3v) is 9.56. The van der Waals surface area contributed by atoms with Gasteiger partial charge in [0.2, 0.25) is 47.3 Å². The van der Waals surface area contributed by atoms with Crippen molar-refractivity contribution < 1.29 is 73.2 Å². The molecule has 8 amide bonds. The van der Waals surface area contributed by atoms with Gasteiger partial charge in [0.25, 0.3) is 0 Å². The van der Waals surface area contributed by atoms with Crippen molar-refractivity contribution in [3.05, 3.63) is 0 Å². The second kappa shape index (κ2) is 28.7. The van der Waals surface area contributed by atoms with Crippen LogP contribution in [0.2, 0.25) is 0 Å². The molecule has 0 heterocycles. The van der Waals surface area contributed by atoms with Gasteiger partial charge in [0.1, 0.15) is 42.3 Å². The monoisotopic (exact) mass is 916 g/mol. The van der Waals surface area contributed by atoms with E-state index in [2.05, 4.69) is 37.2 Å². The number of carboxylic acid groups (broad SMARTS) is 3. The van der Waals surface area contributed by atoms with Gasteiger partial charge < -0.3 is 74.8 Å². The van der Waals surface area contributed by atoms with Crippen LogP contribution in [0.15, 0.2) is 0 Å². The maximum absolute atomic E-state index is 13.8. The van der Waals surface area contributed by atoms with Crippen LogP contribution < -0.4 is 54.4 Å². The number of aliphatic hydroxyl groups is 1. The van der Waals surface area contributed by atoms with E-state index in [1.807, 2.05) is 0 Å². The van der Waals surface area contributed by atoms with Crippen molar-refractivity contribution in [2.45, 2.75) is 154 Å². The molecule has 0 rings (SSSR count). The SMILES string of the molecule is CC(C)C[C@H](NC(=O)[C@H](CC(=O)O)NC(=O)[C@@H](NC(=O)[C@@H](NC(=O)[C@H](CCCCN)NC(=O)[C@H](CC(N)=O)NC(=O)[C@H](CCC(=O)O)NC(=O)[C@@H](N)C(C)C)C(C)C)[C@@H](C)O)C(=O)O. The van der Waals surface area contributed by atoms with E-state index in [-0.39, 0.29) is 37.6 Å². The van der Waals surface area contributed by atoms with E-state index in [1.165, 1.54) is 13.8 Å². The molecule has 364 valence electrons. The number of aliphatic carboxylic acids is 3. The molecule has 64 heavy (non-hydrogen) atoms. The lowest BCUT2D eigenvalue weighted by atomic mass is 10.00. The molecule has 0 spiro atoms. The number of carbonyl (C=O) groups is 11. The molecule has 0 aliphatic carbocycles. The Hall–Kier alpha value is -5.95. The van der Waals surface area contributed by atoms with Crippen molar-refractivity contribution >= 4 is 65.2 Å². The summed E-state index contributed by atoms with van der Waals surface area (Å²) in [5.74, 6) is -14.1. The smallest absolute Gasteiger partial charge is 0.326 e. The summed E-state index contributed by atoms with van der Waals surface area (Å²) in [6.07, 6.45) is -4.06. The molecular formula is C39H68N10O15. The van der Waals surface area contributed by atoms with E-state index in [9.17, 15) is 73.2 Å².